The zero-order valence-electron chi connectivity index (χ0n) is 7.43. The van der Waals surface area contributed by atoms with Gasteiger partial charge in [-0.2, -0.15) is 0 Å². The molecule has 5 heteroatoms. The molecule has 0 spiro atoms. The summed E-state index contributed by atoms with van der Waals surface area (Å²) in [6.07, 6.45) is 2.42. The summed E-state index contributed by atoms with van der Waals surface area (Å²) in [6.45, 7) is 0.625. The number of amides is 1. The number of hydrogen-bond acceptors (Lipinski definition) is 3. The van der Waals surface area contributed by atoms with Crippen LogP contribution >= 0.6 is 0 Å². The van der Waals surface area contributed by atoms with Crippen molar-refractivity contribution in [2.24, 2.45) is 0 Å². The van der Waals surface area contributed by atoms with E-state index in [2.05, 4.69) is 4.98 Å². The Morgan fingerprint density at radius 3 is 2.86 bits per heavy atom. The number of β-amino-alcohol motifs (C(OH)–C–C–N with tert-alkyl or cyclic N) is 1. The van der Waals surface area contributed by atoms with Gasteiger partial charge in [-0.15, -0.1) is 0 Å². The van der Waals surface area contributed by atoms with Crippen LogP contribution in [0.2, 0.25) is 0 Å². The molecule has 74 valence electrons. The zero-order chi connectivity index (χ0) is 10.1. The Labute approximate surface area is 80.0 Å². The number of rotatable bonds is 1. The van der Waals surface area contributed by atoms with Crippen molar-refractivity contribution in [1.82, 2.24) is 9.88 Å². The number of carbonyl (C=O) groups is 1. The van der Waals surface area contributed by atoms with Gasteiger partial charge in [0.2, 0.25) is 0 Å². The molecule has 5 nitrogen and oxygen atoms in total. The lowest BCUT2D eigenvalue weighted by Gasteiger charge is -2.35. The number of pyridine rings is 1. The van der Waals surface area contributed by atoms with E-state index in [0.29, 0.717) is 13.1 Å². The van der Waals surface area contributed by atoms with Gasteiger partial charge in [0.15, 0.2) is 5.43 Å². The third-order valence-corrected chi connectivity index (χ3v) is 2.20. The number of hydrogen-bond donors (Lipinski definition) is 2. The molecule has 0 bridgehead atoms. The van der Waals surface area contributed by atoms with Crippen molar-refractivity contribution in [3.8, 4) is 0 Å². The summed E-state index contributed by atoms with van der Waals surface area (Å²) in [7, 11) is 0. The molecule has 1 fully saturated rings. The Morgan fingerprint density at radius 2 is 2.29 bits per heavy atom. The highest BCUT2D eigenvalue weighted by Crippen LogP contribution is 2.10. The topological polar surface area (TPSA) is 73.4 Å². The largest absolute Gasteiger partial charge is 0.389 e. The Hall–Kier alpha value is -1.62. The van der Waals surface area contributed by atoms with Crippen LogP contribution in [0, 0.1) is 0 Å². The lowest BCUT2D eigenvalue weighted by Crippen LogP contribution is -2.54. The minimum absolute atomic E-state index is 0.124. The van der Waals surface area contributed by atoms with Crippen molar-refractivity contribution in [2.45, 2.75) is 6.10 Å². The molecule has 0 aromatic carbocycles. The highest BCUT2D eigenvalue weighted by Gasteiger charge is 2.30. The number of aliphatic hydroxyl groups is 1. The quantitative estimate of drug-likeness (QED) is 0.614. The number of aromatic amines is 1. The summed E-state index contributed by atoms with van der Waals surface area (Å²) in [5.74, 6) is -0.322. The van der Waals surface area contributed by atoms with Crippen LogP contribution in [0.25, 0.3) is 0 Å². The SMILES string of the molecule is O=C(c1c[nH]ccc1=O)N1CC(O)C1. The van der Waals surface area contributed by atoms with Crippen LogP contribution < -0.4 is 5.43 Å². The van der Waals surface area contributed by atoms with E-state index >= 15 is 0 Å². The smallest absolute Gasteiger partial charge is 0.259 e. The van der Waals surface area contributed by atoms with Crippen LogP contribution in [-0.2, 0) is 0 Å². The fraction of sp³-hybridized carbons (Fsp3) is 0.333. The van der Waals surface area contributed by atoms with Crippen LogP contribution in [0.15, 0.2) is 23.3 Å². The summed E-state index contributed by atoms with van der Waals surface area (Å²) in [6, 6.07) is 1.31. The van der Waals surface area contributed by atoms with E-state index in [4.69, 9.17) is 5.11 Å². The van der Waals surface area contributed by atoms with Gasteiger partial charge in [-0.3, -0.25) is 9.59 Å². The highest BCUT2D eigenvalue weighted by molar-refractivity contribution is 5.94. The maximum atomic E-state index is 11.6. The Morgan fingerprint density at radius 1 is 1.57 bits per heavy atom. The van der Waals surface area contributed by atoms with Gasteiger partial charge in [-0.25, -0.2) is 0 Å². The second-order valence-corrected chi connectivity index (χ2v) is 3.29. The van der Waals surface area contributed by atoms with Gasteiger partial charge in [-0.05, 0) is 0 Å². The van der Waals surface area contributed by atoms with Gasteiger partial charge in [0.1, 0.15) is 5.56 Å². The first kappa shape index (κ1) is 8.96. The molecule has 14 heavy (non-hydrogen) atoms. The Kier molecular flexibility index (Phi) is 2.09. The minimum atomic E-state index is -0.443. The van der Waals surface area contributed by atoms with Gasteiger partial charge in [0, 0.05) is 31.5 Å². The average Bonchev–Trinajstić information content (AvgIpc) is 2.13. The van der Waals surface area contributed by atoms with E-state index in [1.165, 1.54) is 23.4 Å². The van der Waals surface area contributed by atoms with Gasteiger partial charge in [0.05, 0.1) is 6.10 Å². The first-order chi connectivity index (χ1) is 6.68. The van der Waals surface area contributed by atoms with Crippen molar-refractivity contribution in [3.63, 3.8) is 0 Å². The van der Waals surface area contributed by atoms with E-state index in [-0.39, 0.29) is 16.9 Å². The molecular weight excluding hydrogens is 184 g/mol. The minimum Gasteiger partial charge on any atom is -0.389 e. The maximum absolute atomic E-state index is 11.6. The standard InChI is InChI=1S/C9H10N2O3/c12-6-4-11(5-6)9(14)7-3-10-2-1-8(7)13/h1-3,6,12H,4-5H2,(H,10,13). The number of carbonyl (C=O) groups excluding carboxylic acids is 1. The summed E-state index contributed by atoms with van der Waals surface area (Å²) < 4.78 is 0. The second-order valence-electron chi connectivity index (χ2n) is 3.29. The first-order valence-electron chi connectivity index (χ1n) is 4.33. The van der Waals surface area contributed by atoms with E-state index in [1.807, 2.05) is 0 Å². The fourth-order valence-electron chi connectivity index (χ4n) is 1.37. The molecule has 0 saturated carbocycles. The predicted molar refractivity (Wildman–Crippen MR) is 49.0 cm³/mol. The monoisotopic (exact) mass is 194 g/mol. The van der Waals surface area contributed by atoms with Crippen molar-refractivity contribution in [1.29, 1.82) is 0 Å². The summed E-state index contributed by atoms with van der Waals surface area (Å²) >= 11 is 0. The molecule has 1 aromatic heterocycles. The molecule has 1 aliphatic rings. The lowest BCUT2D eigenvalue weighted by atomic mass is 10.1. The van der Waals surface area contributed by atoms with Crippen LogP contribution in [0.4, 0.5) is 0 Å². The molecule has 2 heterocycles. The van der Waals surface area contributed by atoms with Crippen LogP contribution in [0.5, 0.6) is 0 Å². The molecule has 1 saturated heterocycles. The number of aromatic nitrogens is 1. The molecule has 2 rings (SSSR count). The molecule has 1 aliphatic heterocycles. The van der Waals surface area contributed by atoms with Gasteiger partial charge >= 0.3 is 0 Å². The average molecular weight is 194 g/mol. The molecule has 0 aliphatic carbocycles. The second kappa shape index (κ2) is 3.26. The Balaban J connectivity index is 2.20. The summed E-state index contributed by atoms with van der Waals surface area (Å²) in [4.78, 5) is 27.0. The summed E-state index contributed by atoms with van der Waals surface area (Å²) in [5, 5.41) is 9.00. The number of aliphatic hydroxyl groups excluding tert-OH is 1. The molecule has 2 N–H and O–H groups in total. The van der Waals surface area contributed by atoms with E-state index in [0.717, 1.165) is 0 Å². The maximum Gasteiger partial charge on any atom is 0.259 e. The highest BCUT2D eigenvalue weighted by atomic mass is 16.3. The first-order valence-corrected chi connectivity index (χ1v) is 4.33. The van der Waals surface area contributed by atoms with Crippen LogP contribution in [0.3, 0.4) is 0 Å². The molecule has 0 radical (unpaired) electrons. The van der Waals surface area contributed by atoms with Gasteiger partial charge in [0.25, 0.3) is 5.91 Å². The summed E-state index contributed by atoms with van der Waals surface area (Å²) in [5.41, 5.74) is -0.172. The van der Waals surface area contributed by atoms with Crippen molar-refractivity contribution < 1.29 is 9.90 Å². The molecule has 1 amide bonds. The molecule has 0 atom stereocenters. The number of nitrogens with zero attached hydrogens (tertiary/aromatic N) is 1. The zero-order valence-corrected chi connectivity index (χ0v) is 7.43. The van der Waals surface area contributed by atoms with E-state index in [9.17, 15) is 9.59 Å². The number of H-pyrrole nitrogens is 1. The lowest BCUT2D eigenvalue weighted by molar-refractivity contribution is 0.00578. The van der Waals surface area contributed by atoms with Crippen molar-refractivity contribution in [3.05, 3.63) is 34.2 Å². The molecule has 0 unspecified atom stereocenters. The molecule has 1 aromatic rings. The number of likely N-dealkylation sites (tertiary alicyclic amines) is 1. The van der Waals surface area contributed by atoms with Crippen LogP contribution in [-0.4, -0.2) is 40.1 Å². The van der Waals surface area contributed by atoms with Gasteiger partial charge in [-0.1, -0.05) is 0 Å². The van der Waals surface area contributed by atoms with Crippen molar-refractivity contribution in [2.75, 3.05) is 13.1 Å². The predicted octanol–water partition coefficient (Wildman–Crippen LogP) is -0.808. The van der Waals surface area contributed by atoms with Crippen molar-refractivity contribution >= 4 is 5.91 Å². The van der Waals surface area contributed by atoms with Crippen LogP contribution in [0.1, 0.15) is 10.4 Å². The van der Waals surface area contributed by atoms with E-state index in [1.54, 1.807) is 0 Å². The normalized spacial score (nSPS) is 16.5. The third kappa shape index (κ3) is 1.42. The number of nitrogens with one attached hydrogen (secondary N) is 1. The third-order valence-electron chi connectivity index (χ3n) is 2.20. The fourth-order valence-corrected chi connectivity index (χ4v) is 1.37. The van der Waals surface area contributed by atoms with Gasteiger partial charge < -0.3 is 15.0 Å². The Bertz CT molecular complexity index is 407. The molecular formula is C9H10N2O3. The van der Waals surface area contributed by atoms with E-state index < -0.39 is 6.10 Å².